The van der Waals surface area contributed by atoms with E-state index in [4.69, 9.17) is 4.74 Å². The van der Waals surface area contributed by atoms with Crippen molar-refractivity contribution in [3.05, 3.63) is 30.0 Å². The van der Waals surface area contributed by atoms with E-state index < -0.39 is 66.1 Å². The number of Topliss-reactive ketones (excluding diaryl/α,β-unsaturated/α-hetero) is 3. The molecule has 2 aromatic rings. The number of ether oxygens (including phenoxy) is 2. The number of aromatic amines is 1. The number of alkyl halides is 5. The Morgan fingerprint density at radius 1 is 1.09 bits per heavy atom. The molecule has 1 aromatic heterocycles. The van der Waals surface area contributed by atoms with E-state index in [9.17, 15) is 45.9 Å². The minimum Gasteiger partial charge on any atom is -0.457 e. The first-order valence-electron chi connectivity index (χ1n) is 15.1. The molecule has 1 amide bonds. The predicted octanol–water partition coefficient (Wildman–Crippen LogP) is 6.34. The summed E-state index contributed by atoms with van der Waals surface area (Å²) in [4.78, 5) is 67.7. The molecule has 1 aliphatic rings. The molecule has 0 aliphatic heterocycles. The molecule has 0 spiro atoms. The quantitative estimate of drug-likeness (QED) is 0.130. The Hall–Kier alpha value is -3.84. The van der Waals surface area contributed by atoms with Gasteiger partial charge in [-0.25, -0.2) is 0 Å². The first-order chi connectivity index (χ1) is 21.4. The molecule has 2 N–H and O–H groups in total. The van der Waals surface area contributed by atoms with Crippen LogP contribution < -0.4 is 10.1 Å². The summed E-state index contributed by atoms with van der Waals surface area (Å²) in [7, 11) is 0. The second kappa shape index (κ2) is 15.2. The number of amides is 1. The van der Waals surface area contributed by atoms with Gasteiger partial charge >= 0.3 is 18.8 Å². The molecule has 254 valence electrons. The van der Waals surface area contributed by atoms with Gasteiger partial charge < -0.3 is 19.8 Å². The first-order valence-corrected chi connectivity index (χ1v) is 15.1. The van der Waals surface area contributed by atoms with Crippen molar-refractivity contribution in [1.29, 1.82) is 0 Å². The maximum Gasteiger partial charge on any atom is 0.404 e. The summed E-state index contributed by atoms with van der Waals surface area (Å²) >= 11 is 0. The number of hydrogen-bond donors (Lipinski definition) is 2. The van der Waals surface area contributed by atoms with Crippen LogP contribution in [-0.2, 0) is 23.9 Å². The minimum absolute atomic E-state index is 0.0430. The van der Waals surface area contributed by atoms with Crippen molar-refractivity contribution in [2.24, 2.45) is 23.2 Å². The van der Waals surface area contributed by atoms with Crippen LogP contribution in [0.5, 0.6) is 5.75 Å². The number of benzene rings is 1. The van der Waals surface area contributed by atoms with Crippen molar-refractivity contribution < 1.29 is 55.4 Å². The molecular formula is C32H39F5N2O7. The van der Waals surface area contributed by atoms with Gasteiger partial charge in [-0.15, -0.1) is 0 Å². The van der Waals surface area contributed by atoms with Gasteiger partial charge in [0.15, 0.2) is 23.6 Å². The molecule has 1 aromatic carbocycles. The zero-order valence-corrected chi connectivity index (χ0v) is 26.1. The Morgan fingerprint density at radius 3 is 2.39 bits per heavy atom. The number of carbonyl (C=O) groups excluding carboxylic acids is 5. The number of halogens is 5. The lowest BCUT2D eigenvalue weighted by molar-refractivity contribution is -0.224. The van der Waals surface area contributed by atoms with Crippen molar-refractivity contribution in [1.82, 2.24) is 10.3 Å². The van der Waals surface area contributed by atoms with Crippen LogP contribution in [-0.4, -0.2) is 59.6 Å². The van der Waals surface area contributed by atoms with Crippen molar-refractivity contribution in [2.75, 3.05) is 6.61 Å². The molecule has 0 bridgehead atoms. The fourth-order valence-corrected chi connectivity index (χ4v) is 5.34. The molecule has 0 saturated heterocycles. The van der Waals surface area contributed by atoms with E-state index in [1.807, 2.05) is 13.8 Å². The lowest BCUT2D eigenvalue weighted by atomic mass is 9.82. The average molecular weight is 659 g/mol. The number of rotatable bonds is 15. The third kappa shape index (κ3) is 9.35. The smallest absolute Gasteiger partial charge is 0.404 e. The largest absolute Gasteiger partial charge is 0.457 e. The highest BCUT2D eigenvalue weighted by atomic mass is 19.4. The van der Waals surface area contributed by atoms with E-state index in [1.54, 1.807) is 6.07 Å². The number of aromatic nitrogens is 1. The van der Waals surface area contributed by atoms with E-state index in [2.05, 4.69) is 15.0 Å². The summed E-state index contributed by atoms with van der Waals surface area (Å²) in [6.07, 6.45) is -3.09. The minimum atomic E-state index is -4.94. The second-order valence-corrected chi connectivity index (χ2v) is 12.6. The number of ketones is 3. The number of nitrogens with one attached hydrogen (secondary N) is 2. The highest BCUT2D eigenvalue weighted by Crippen LogP contribution is 2.38. The van der Waals surface area contributed by atoms with Gasteiger partial charge in [0.2, 0.25) is 5.91 Å². The summed E-state index contributed by atoms with van der Waals surface area (Å²) < 4.78 is 74.8. The van der Waals surface area contributed by atoms with E-state index >= 15 is 0 Å². The van der Waals surface area contributed by atoms with Crippen LogP contribution in [0.15, 0.2) is 24.3 Å². The van der Waals surface area contributed by atoms with E-state index in [0.29, 0.717) is 38.6 Å². The SMILES string of the molecule is CC(C)C[C@H](CC(=O)c1cc2c(OC(F)F)cccc2[nH]1)C(=O)N[C@@H](C[C@@H]1CCCCC1=O)C(=O)COC(=O)C(C)(C)C(F)(F)F. The van der Waals surface area contributed by atoms with Gasteiger partial charge in [0.05, 0.1) is 11.7 Å². The van der Waals surface area contributed by atoms with Crippen LogP contribution in [0, 0.1) is 23.2 Å². The molecular weight excluding hydrogens is 619 g/mol. The highest BCUT2D eigenvalue weighted by molar-refractivity contribution is 6.02. The fraction of sp³-hybridized carbons (Fsp3) is 0.594. The molecule has 3 rings (SSSR count). The summed E-state index contributed by atoms with van der Waals surface area (Å²) in [5, 5.41) is 2.81. The van der Waals surface area contributed by atoms with Crippen LogP contribution in [0.1, 0.15) is 83.1 Å². The number of fused-ring (bicyclic) bond motifs is 1. The first kappa shape index (κ1) is 36.6. The maximum absolute atomic E-state index is 13.6. The molecule has 3 atom stereocenters. The normalized spacial score (nSPS) is 17.2. The van der Waals surface area contributed by atoms with E-state index in [-0.39, 0.29) is 54.2 Å². The Labute approximate surface area is 262 Å². The summed E-state index contributed by atoms with van der Waals surface area (Å²) in [6, 6.07) is 4.33. The van der Waals surface area contributed by atoms with Crippen molar-refractivity contribution in [2.45, 2.75) is 91.5 Å². The third-order valence-corrected chi connectivity index (χ3v) is 8.17. The molecule has 0 radical (unpaired) electrons. The zero-order chi connectivity index (χ0) is 34.4. The Balaban J connectivity index is 1.81. The summed E-state index contributed by atoms with van der Waals surface area (Å²) in [5.41, 5.74) is -2.48. The highest BCUT2D eigenvalue weighted by Gasteiger charge is 2.54. The van der Waals surface area contributed by atoms with Crippen molar-refractivity contribution in [3.8, 4) is 5.75 Å². The lowest BCUT2D eigenvalue weighted by Gasteiger charge is -2.28. The van der Waals surface area contributed by atoms with Crippen molar-refractivity contribution in [3.63, 3.8) is 0 Å². The lowest BCUT2D eigenvalue weighted by Crippen LogP contribution is -2.48. The van der Waals surface area contributed by atoms with Crippen LogP contribution in [0.4, 0.5) is 22.0 Å². The molecule has 14 heteroatoms. The van der Waals surface area contributed by atoms with E-state index in [1.165, 1.54) is 18.2 Å². The number of carbonyl (C=O) groups is 5. The fourth-order valence-electron chi connectivity index (χ4n) is 5.34. The van der Waals surface area contributed by atoms with E-state index in [0.717, 1.165) is 0 Å². The van der Waals surface area contributed by atoms with Crippen molar-refractivity contribution >= 4 is 40.1 Å². The monoisotopic (exact) mass is 658 g/mol. The molecule has 46 heavy (non-hydrogen) atoms. The Morgan fingerprint density at radius 2 is 1.78 bits per heavy atom. The predicted molar refractivity (Wildman–Crippen MR) is 156 cm³/mol. The van der Waals surface area contributed by atoms with Crippen LogP contribution >= 0.6 is 0 Å². The van der Waals surface area contributed by atoms with Gasteiger partial charge in [-0.3, -0.25) is 24.0 Å². The topological polar surface area (TPSA) is 132 Å². The molecule has 0 unspecified atom stereocenters. The molecule has 1 saturated carbocycles. The maximum atomic E-state index is 13.6. The third-order valence-electron chi connectivity index (χ3n) is 8.17. The molecule has 1 heterocycles. The standard InChI is InChI=1S/C32H39F5N2O7/c1-17(2)12-19(14-25(41)23-15-20-21(38-23)9-7-11-27(20)46-30(33)34)28(43)39-22(13-18-8-5-6-10-24(18)40)26(42)16-45-29(44)31(3,4)32(35,36)37/h7,9,11,15,17-19,22,30,38H,5-6,8,10,12-14,16H2,1-4H3,(H,39,43)/t18-,19+,22-/m0/s1. The van der Waals surface area contributed by atoms with Gasteiger partial charge in [0, 0.05) is 35.6 Å². The number of hydrogen-bond acceptors (Lipinski definition) is 7. The summed E-state index contributed by atoms with van der Waals surface area (Å²) in [5.74, 6) is -5.69. The van der Waals surface area contributed by atoms with Gasteiger partial charge in [0.1, 0.15) is 11.5 Å². The van der Waals surface area contributed by atoms with Gasteiger partial charge in [0.25, 0.3) is 0 Å². The zero-order valence-electron chi connectivity index (χ0n) is 26.1. The molecule has 1 aliphatic carbocycles. The Kier molecular flexibility index (Phi) is 12.1. The van der Waals surface area contributed by atoms with Crippen LogP contribution in [0.3, 0.4) is 0 Å². The molecule has 1 fully saturated rings. The summed E-state index contributed by atoms with van der Waals surface area (Å²) in [6.45, 7) is 0.716. The number of esters is 1. The van der Waals surface area contributed by atoms with Crippen LogP contribution in [0.2, 0.25) is 0 Å². The molecule has 9 nitrogen and oxygen atoms in total. The number of H-pyrrole nitrogens is 1. The average Bonchev–Trinajstić information content (AvgIpc) is 3.40. The Bertz CT molecular complexity index is 1430. The van der Waals surface area contributed by atoms with Gasteiger partial charge in [-0.2, -0.15) is 22.0 Å². The van der Waals surface area contributed by atoms with Gasteiger partial charge in [-0.05, 0) is 63.6 Å². The van der Waals surface area contributed by atoms with Gasteiger partial charge in [-0.1, -0.05) is 26.3 Å². The second-order valence-electron chi connectivity index (χ2n) is 12.6. The van der Waals surface area contributed by atoms with Crippen LogP contribution in [0.25, 0.3) is 10.9 Å².